The maximum Gasteiger partial charge on any atom is 0.142 e. The Balaban J connectivity index is 1.73. The van der Waals surface area contributed by atoms with Crippen LogP contribution in [-0.2, 0) is 16.4 Å². The summed E-state index contributed by atoms with van der Waals surface area (Å²) in [4.78, 5) is 10.1. The van der Waals surface area contributed by atoms with Gasteiger partial charge in [-0.15, -0.1) is 0 Å². The molecule has 0 saturated heterocycles. The molecule has 0 unspecified atom stereocenters. The molecule has 40 heavy (non-hydrogen) atoms. The molecule has 0 spiro atoms. The highest BCUT2D eigenvalue weighted by atomic mass is 16.5. The van der Waals surface area contributed by atoms with Gasteiger partial charge in [0.2, 0.25) is 0 Å². The lowest BCUT2D eigenvalue weighted by Gasteiger charge is -2.47. The second-order valence-electron chi connectivity index (χ2n) is 13.2. The highest BCUT2D eigenvalue weighted by Gasteiger charge is 2.50. The third-order valence-electron chi connectivity index (χ3n) is 8.19. The molecule has 6 rings (SSSR count). The van der Waals surface area contributed by atoms with Crippen LogP contribution < -0.4 is 4.74 Å². The lowest BCUT2D eigenvalue weighted by atomic mass is 9.72. The summed E-state index contributed by atoms with van der Waals surface area (Å²) in [7, 11) is 2.12. The molecule has 1 aromatic heterocycles. The van der Waals surface area contributed by atoms with E-state index in [2.05, 4.69) is 150 Å². The van der Waals surface area contributed by atoms with Gasteiger partial charge in [0.25, 0.3) is 0 Å². The molecule has 4 aromatic rings. The van der Waals surface area contributed by atoms with Crippen LogP contribution in [0, 0.1) is 0 Å². The van der Waals surface area contributed by atoms with Gasteiger partial charge >= 0.3 is 0 Å². The van der Waals surface area contributed by atoms with Crippen molar-refractivity contribution in [2.24, 2.45) is 0 Å². The summed E-state index contributed by atoms with van der Waals surface area (Å²) < 4.78 is 6.70. The quantitative estimate of drug-likeness (QED) is 0.266. The van der Waals surface area contributed by atoms with E-state index < -0.39 is 5.54 Å². The Bertz CT molecular complexity index is 1530. The van der Waals surface area contributed by atoms with Crippen LogP contribution >= 0.6 is 0 Å². The van der Waals surface area contributed by atoms with E-state index in [0.717, 1.165) is 46.2 Å². The van der Waals surface area contributed by atoms with Gasteiger partial charge in [-0.1, -0.05) is 90.1 Å². The van der Waals surface area contributed by atoms with Crippen molar-refractivity contribution in [2.45, 2.75) is 57.9 Å². The Hall–Kier alpha value is -4.05. The Morgan fingerprint density at radius 1 is 0.700 bits per heavy atom. The highest BCUT2D eigenvalue weighted by Crippen LogP contribution is 2.55. The fourth-order valence-corrected chi connectivity index (χ4v) is 5.89. The van der Waals surface area contributed by atoms with Gasteiger partial charge in [-0.05, 0) is 58.4 Å². The molecule has 0 radical (unpaired) electrons. The largest absolute Gasteiger partial charge is 0.457 e. The van der Waals surface area contributed by atoms with Gasteiger partial charge in [-0.3, -0.25) is 0 Å². The Morgan fingerprint density at radius 3 is 1.82 bits per heavy atom. The predicted octanol–water partition coefficient (Wildman–Crippen LogP) is 8.42. The Kier molecular flexibility index (Phi) is 6.06. The molecule has 0 amide bonds. The van der Waals surface area contributed by atoms with Gasteiger partial charge in [-0.25, -0.2) is 4.98 Å². The van der Waals surface area contributed by atoms with Crippen LogP contribution in [-0.4, -0.2) is 28.5 Å². The first kappa shape index (κ1) is 26.2. The normalized spacial score (nSPS) is 16.0. The number of nitrogens with zero attached hydrogens (tertiary/aromatic N) is 3. The zero-order valence-corrected chi connectivity index (χ0v) is 24.7. The molecule has 0 N–H and O–H groups in total. The second kappa shape index (κ2) is 9.26. The lowest BCUT2D eigenvalue weighted by molar-refractivity contribution is 0.176. The molecule has 0 bridgehead atoms. The Morgan fingerprint density at radius 2 is 1.30 bits per heavy atom. The molecule has 3 heterocycles. The maximum atomic E-state index is 6.70. The third-order valence-corrected chi connectivity index (χ3v) is 8.19. The van der Waals surface area contributed by atoms with Crippen molar-refractivity contribution in [1.29, 1.82) is 0 Å². The molecule has 0 atom stereocenters. The number of aromatic nitrogens is 1. The molecule has 0 fully saturated rings. The molecule has 4 heteroatoms. The van der Waals surface area contributed by atoms with Crippen molar-refractivity contribution >= 4 is 0 Å². The average molecular weight is 530 g/mol. The molecular weight excluding hydrogens is 490 g/mol. The lowest BCUT2D eigenvalue weighted by Crippen LogP contribution is -2.48. The van der Waals surface area contributed by atoms with Crippen LogP contribution in [0.2, 0.25) is 0 Å². The first-order valence-corrected chi connectivity index (χ1v) is 14.1. The van der Waals surface area contributed by atoms with Gasteiger partial charge in [0.15, 0.2) is 0 Å². The summed E-state index contributed by atoms with van der Waals surface area (Å²) in [6, 6.07) is 30.3. The minimum atomic E-state index is -0.697. The zero-order chi connectivity index (χ0) is 28.3. The summed E-state index contributed by atoms with van der Waals surface area (Å²) in [5, 5.41) is 0. The monoisotopic (exact) mass is 529 g/mol. The predicted molar refractivity (Wildman–Crippen MR) is 164 cm³/mol. The first-order valence-electron chi connectivity index (χ1n) is 14.1. The molecule has 2 aliphatic heterocycles. The van der Waals surface area contributed by atoms with Crippen molar-refractivity contribution in [3.63, 3.8) is 0 Å². The topological polar surface area (TPSA) is 28.6 Å². The first-order chi connectivity index (χ1) is 19.0. The number of benzene rings is 3. The molecule has 0 saturated carbocycles. The van der Waals surface area contributed by atoms with Gasteiger partial charge in [0, 0.05) is 36.1 Å². The van der Waals surface area contributed by atoms with Crippen molar-refractivity contribution in [1.82, 2.24) is 14.8 Å². The standard InChI is InChI=1S/C36H39N3O/c1-34(2,3)26-16-18-31-28(22-26)36(39-21-20-38(7)24-39,29-23-27(35(4,5)6)17-19-32(29)40-31)33-15-11-14-30(37-33)25-12-9-8-10-13-25/h8-23H,24H2,1-7H3. The van der Waals surface area contributed by atoms with E-state index >= 15 is 0 Å². The number of rotatable bonds is 3. The molecule has 204 valence electrons. The van der Waals surface area contributed by atoms with Crippen molar-refractivity contribution in [3.8, 4) is 22.8 Å². The maximum absolute atomic E-state index is 6.70. The summed E-state index contributed by atoms with van der Waals surface area (Å²) in [6.07, 6.45) is 4.36. The van der Waals surface area contributed by atoms with E-state index in [4.69, 9.17) is 9.72 Å². The molecular formula is C36H39N3O. The van der Waals surface area contributed by atoms with Crippen molar-refractivity contribution in [2.75, 3.05) is 13.7 Å². The van der Waals surface area contributed by atoms with Gasteiger partial charge in [-0.2, -0.15) is 0 Å². The Labute approximate surface area is 238 Å². The van der Waals surface area contributed by atoms with Crippen LogP contribution in [0.1, 0.15) is 69.5 Å². The molecule has 2 aliphatic rings. The summed E-state index contributed by atoms with van der Waals surface area (Å²) in [5.41, 5.74) is 7.09. The van der Waals surface area contributed by atoms with Crippen LogP contribution in [0.3, 0.4) is 0 Å². The van der Waals surface area contributed by atoms with Gasteiger partial charge < -0.3 is 14.5 Å². The van der Waals surface area contributed by atoms with E-state index in [1.807, 2.05) is 6.07 Å². The van der Waals surface area contributed by atoms with Crippen LogP contribution in [0.25, 0.3) is 11.3 Å². The fourth-order valence-electron chi connectivity index (χ4n) is 5.89. The molecule has 0 aliphatic carbocycles. The van der Waals surface area contributed by atoms with Crippen LogP contribution in [0.4, 0.5) is 0 Å². The number of ether oxygens (including phenoxy) is 1. The minimum Gasteiger partial charge on any atom is -0.457 e. The molecule has 3 aromatic carbocycles. The zero-order valence-electron chi connectivity index (χ0n) is 24.7. The fraction of sp³-hybridized carbons (Fsp3) is 0.306. The van der Waals surface area contributed by atoms with Crippen molar-refractivity contribution in [3.05, 3.63) is 125 Å². The van der Waals surface area contributed by atoms with E-state index in [1.165, 1.54) is 11.1 Å². The van der Waals surface area contributed by atoms with E-state index in [9.17, 15) is 0 Å². The number of hydrogen-bond acceptors (Lipinski definition) is 4. The SMILES string of the molecule is CN1C=CN(C2(c3cccc(-c4ccccc4)n3)c3cc(C(C)(C)C)ccc3Oc3ccc(C(C)(C)C)cc32)C1. The minimum absolute atomic E-state index is 0.0226. The second-order valence-corrected chi connectivity index (χ2v) is 13.2. The van der Waals surface area contributed by atoms with Crippen LogP contribution in [0.5, 0.6) is 11.5 Å². The third kappa shape index (κ3) is 4.27. The van der Waals surface area contributed by atoms with Gasteiger partial charge in [0.1, 0.15) is 17.0 Å². The van der Waals surface area contributed by atoms with Gasteiger partial charge in [0.05, 0.1) is 18.1 Å². The average Bonchev–Trinajstić information content (AvgIpc) is 3.37. The molecule has 4 nitrogen and oxygen atoms in total. The number of pyridine rings is 1. The number of fused-ring (bicyclic) bond motifs is 2. The van der Waals surface area contributed by atoms with E-state index in [1.54, 1.807) is 0 Å². The summed E-state index contributed by atoms with van der Waals surface area (Å²) in [6.45, 7) is 14.3. The smallest absolute Gasteiger partial charge is 0.142 e. The van der Waals surface area contributed by atoms with E-state index in [0.29, 0.717) is 0 Å². The number of hydrogen-bond donors (Lipinski definition) is 0. The van der Waals surface area contributed by atoms with Crippen LogP contribution in [0.15, 0.2) is 97.3 Å². The summed E-state index contributed by atoms with van der Waals surface area (Å²) >= 11 is 0. The van der Waals surface area contributed by atoms with E-state index in [-0.39, 0.29) is 10.8 Å². The summed E-state index contributed by atoms with van der Waals surface area (Å²) in [5.74, 6) is 1.75. The highest BCUT2D eigenvalue weighted by molar-refractivity contribution is 5.66. The van der Waals surface area contributed by atoms with Crippen molar-refractivity contribution < 1.29 is 4.74 Å².